The van der Waals surface area contributed by atoms with Crippen LogP contribution in [0.3, 0.4) is 0 Å². The third-order valence-corrected chi connectivity index (χ3v) is 7.79. The SMILES string of the molecule is CC(Sc1cccc(NC(=O)/C(=C/c2c[nH]c3ccccc23)NC(=O)c2ccccc2)c1)C(=O)Nc1ccc(F)c(Cl)c1. The number of aromatic nitrogens is 1. The van der Waals surface area contributed by atoms with Crippen LogP contribution in [0.15, 0.2) is 114 Å². The summed E-state index contributed by atoms with van der Waals surface area (Å²) in [7, 11) is 0. The van der Waals surface area contributed by atoms with E-state index in [1.165, 1.54) is 30.0 Å². The van der Waals surface area contributed by atoms with Gasteiger partial charge >= 0.3 is 0 Å². The molecule has 7 nitrogen and oxygen atoms in total. The molecule has 3 amide bonds. The summed E-state index contributed by atoms with van der Waals surface area (Å²) in [6.07, 6.45) is 3.40. The Bertz CT molecular complexity index is 1840. The number of para-hydroxylation sites is 1. The number of amides is 3. The van der Waals surface area contributed by atoms with Crippen LogP contribution in [0.5, 0.6) is 0 Å². The number of nitrogens with one attached hydrogen (secondary N) is 4. The number of H-pyrrole nitrogens is 1. The number of hydrogen-bond acceptors (Lipinski definition) is 4. The molecule has 0 aliphatic heterocycles. The quantitative estimate of drug-likeness (QED) is 0.102. The first-order chi connectivity index (χ1) is 20.8. The van der Waals surface area contributed by atoms with Crippen molar-refractivity contribution in [2.24, 2.45) is 0 Å². The lowest BCUT2D eigenvalue weighted by atomic mass is 10.1. The minimum Gasteiger partial charge on any atom is -0.361 e. The second-order valence-electron chi connectivity index (χ2n) is 9.53. The van der Waals surface area contributed by atoms with Crippen LogP contribution in [0.2, 0.25) is 5.02 Å². The van der Waals surface area contributed by atoms with E-state index in [0.717, 1.165) is 21.4 Å². The smallest absolute Gasteiger partial charge is 0.272 e. The fraction of sp³-hybridized carbons (Fsp3) is 0.0606. The number of rotatable bonds is 9. The van der Waals surface area contributed by atoms with Crippen molar-refractivity contribution < 1.29 is 18.8 Å². The molecule has 1 heterocycles. The maximum absolute atomic E-state index is 13.5. The molecule has 0 spiro atoms. The summed E-state index contributed by atoms with van der Waals surface area (Å²) in [6, 6.07) is 27.3. The van der Waals surface area contributed by atoms with Crippen LogP contribution in [0, 0.1) is 5.82 Å². The Morgan fingerprint density at radius 1 is 0.884 bits per heavy atom. The molecular weight excluding hydrogens is 587 g/mol. The van der Waals surface area contributed by atoms with Gasteiger partial charge in [-0.25, -0.2) is 4.39 Å². The summed E-state index contributed by atoms with van der Waals surface area (Å²) in [4.78, 5) is 43.2. The number of aromatic amines is 1. The number of hydrogen-bond donors (Lipinski definition) is 4. The molecule has 0 bridgehead atoms. The molecular formula is C33H26ClFN4O3S. The molecule has 0 saturated heterocycles. The average Bonchev–Trinajstić information content (AvgIpc) is 3.42. The van der Waals surface area contributed by atoms with Crippen LogP contribution in [0.4, 0.5) is 15.8 Å². The predicted molar refractivity (Wildman–Crippen MR) is 171 cm³/mol. The Hall–Kier alpha value is -4.86. The minimum absolute atomic E-state index is 0.0577. The molecule has 216 valence electrons. The van der Waals surface area contributed by atoms with Crippen LogP contribution >= 0.6 is 23.4 Å². The molecule has 10 heteroatoms. The van der Waals surface area contributed by atoms with Gasteiger partial charge in [0, 0.05) is 44.5 Å². The van der Waals surface area contributed by atoms with Gasteiger partial charge in [-0.2, -0.15) is 0 Å². The Labute approximate surface area is 256 Å². The first-order valence-electron chi connectivity index (χ1n) is 13.2. The van der Waals surface area contributed by atoms with E-state index >= 15 is 0 Å². The molecule has 0 aliphatic carbocycles. The van der Waals surface area contributed by atoms with Crippen molar-refractivity contribution >= 4 is 69.4 Å². The number of anilines is 2. The zero-order valence-corrected chi connectivity index (χ0v) is 24.4. The zero-order chi connectivity index (χ0) is 30.3. The predicted octanol–water partition coefficient (Wildman–Crippen LogP) is 7.49. The highest BCUT2D eigenvalue weighted by Gasteiger charge is 2.18. The number of thioether (sulfide) groups is 1. The zero-order valence-electron chi connectivity index (χ0n) is 22.9. The number of halogens is 2. The van der Waals surface area contributed by atoms with Gasteiger partial charge < -0.3 is 20.9 Å². The van der Waals surface area contributed by atoms with Gasteiger partial charge in [-0.1, -0.05) is 54.1 Å². The van der Waals surface area contributed by atoms with Gasteiger partial charge in [0.05, 0.1) is 10.3 Å². The summed E-state index contributed by atoms with van der Waals surface area (Å²) >= 11 is 7.10. The molecule has 4 N–H and O–H groups in total. The third-order valence-electron chi connectivity index (χ3n) is 6.41. The van der Waals surface area contributed by atoms with Crippen molar-refractivity contribution in [3.63, 3.8) is 0 Å². The summed E-state index contributed by atoms with van der Waals surface area (Å²) < 4.78 is 13.5. The van der Waals surface area contributed by atoms with Crippen LogP contribution in [0.1, 0.15) is 22.8 Å². The lowest BCUT2D eigenvalue weighted by Crippen LogP contribution is -2.30. The normalized spacial score (nSPS) is 12.0. The van der Waals surface area contributed by atoms with E-state index < -0.39 is 22.9 Å². The summed E-state index contributed by atoms with van der Waals surface area (Å²) in [5.41, 5.74) is 2.97. The molecule has 43 heavy (non-hydrogen) atoms. The number of carbonyl (C=O) groups excluding carboxylic acids is 3. The molecule has 1 unspecified atom stereocenters. The number of carbonyl (C=O) groups is 3. The molecule has 5 aromatic rings. The van der Waals surface area contributed by atoms with E-state index in [2.05, 4.69) is 20.9 Å². The molecule has 0 fully saturated rings. The lowest BCUT2D eigenvalue weighted by molar-refractivity contribution is -0.115. The van der Waals surface area contributed by atoms with Gasteiger partial charge in [0.1, 0.15) is 11.5 Å². The molecule has 4 aromatic carbocycles. The largest absolute Gasteiger partial charge is 0.361 e. The van der Waals surface area contributed by atoms with E-state index in [1.807, 2.05) is 30.3 Å². The van der Waals surface area contributed by atoms with Gasteiger partial charge in [-0.15, -0.1) is 11.8 Å². The highest BCUT2D eigenvalue weighted by Crippen LogP contribution is 2.28. The van der Waals surface area contributed by atoms with Gasteiger partial charge in [-0.3, -0.25) is 14.4 Å². The maximum atomic E-state index is 13.5. The lowest BCUT2D eigenvalue weighted by Gasteiger charge is -2.14. The molecule has 5 rings (SSSR count). The van der Waals surface area contributed by atoms with E-state index in [4.69, 9.17) is 11.6 Å². The highest BCUT2D eigenvalue weighted by molar-refractivity contribution is 8.00. The van der Waals surface area contributed by atoms with Crippen molar-refractivity contribution in [1.82, 2.24) is 10.3 Å². The van der Waals surface area contributed by atoms with Crippen LogP contribution in [-0.4, -0.2) is 28.0 Å². The Morgan fingerprint density at radius 2 is 1.63 bits per heavy atom. The fourth-order valence-electron chi connectivity index (χ4n) is 4.23. The second-order valence-corrected chi connectivity index (χ2v) is 11.3. The first-order valence-corrected chi connectivity index (χ1v) is 14.5. The highest BCUT2D eigenvalue weighted by atomic mass is 35.5. The Balaban J connectivity index is 1.32. The van der Waals surface area contributed by atoms with Crippen LogP contribution in [0.25, 0.3) is 17.0 Å². The second kappa shape index (κ2) is 13.4. The average molecular weight is 613 g/mol. The van der Waals surface area contributed by atoms with Gasteiger partial charge in [0.15, 0.2) is 0 Å². The van der Waals surface area contributed by atoms with Crippen LogP contribution < -0.4 is 16.0 Å². The van der Waals surface area contributed by atoms with Crippen molar-refractivity contribution in [2.75, 3.05) is 10.6 Å². The van der Waals surface area contributed by atoms with E-state index in [0.29, 0.717) is 16.9 Å². The Kier molecular flexibility index (Phi) is 9.24. The molecule has 0 aliphatic rings. The summed E-state index contributed by atoms with van der Waals surface area (Å²) in [6.45, 7) is 1.73. The fourth-order valence-corrected chi connectivity index (χ4v) is 5.34. The van der Waals surface area contributed by atoms with E-state index in [1.54, 1.807) is 67.7 Å². The summed E-state index contributed by atoms with van der Waals surface area (Å²) in [5, 5.41) is 8.64. The molecule has 1 aromatic heterocycles. The molecule has 0 saturated carbocycles. The van der Waals surface area contributed by atoms with Crippen molar-refractivity contribution in [2.45, 2.75) is 17.1 Å². The third kappa shape index (κ3) is 7.51. The number of benzene rings is 4. The van der Waals surface area contributed by atoms with E-state index in [-0.39, 0.29) is 16.6 Å². The topological polar surface area (TPSA) is 103 Å². The van der Waals surface area contributed by atoms with Crippen molar-refractivity contribution in [3.05, 3.63) is 131 Å². The van der Waals surface area contributed by atoms with Crippen molar-refractivity contribution in [1.29, 1.82) is 0 Å². The van der Waals surface area contributed by atoms with Gasteiger partial charge in [0.25, 0.3) is 11.8 Å². The maximum Gasteiger partial charge on any atom is 0.272 e. The first kappa shape index (κ1) is 29.6. The summed E-state index contributed by atoms with van der Waals surface area (Å²) in [5.74, 6) is -1.81. The van der Waals surface area contributed by atoms with Gasteiger partial charge in [-0.05, 0) is 67.6 Å². The molecule has 1 atom stereocenters. The monoisotopic (exact) mass is 612 g/mol. The number of fused-ring (bicyclic) bond motifs is 1. The Morgan fingerprint density at radius 3 is 2.42 bits per heavy atom. The van der Waals surface area contributed by atoms with Gasteiger partial charge in [0.2, 0.25) is 5.91 Å². The van der Waals surface area contributed by atoms with Crippen LogP contribution in [-0.2, 0) is 9.59 Å². The van der Waals surface area contributed by atoms with E-state index in [9.17, 15) is 18.8 Å². The molecule has 0 radical (unpaired) electrons. The van der Waals surface area contributed by atoms with Crippen molar-refractivity contribution in [3.8, 4) is 0 Å². The standard InChI is InChI=1S/C33H26ClFN4O3S/c1-20(31(40)37-24-14-15-28(35)27(34)18-24)43-25-11-7-10-23(17-25)38-33(42)30(39-32(41)21-8-3-2-4-9-21)16-22-19-36-29-13-6-5-12-26(22)29/h2-20,36H,1H3,(H,37,40)(H,38,42)(H,39,41)/b30-16-. The minimum atomic E-state index is -0.569.